The van der Waals surface area contributed by atoms with E-state index in [4.69, 9.17) is 11.6 Å². The highest BCUT2D eigenvalue weighted by Crippen LogP contribution is 2.39. The van der Waals surface area contributed by atoms with Crippen LogP contribution in [0.3, 0.4) is 0 Å². The first-order valence-electron chi connectivity index (χ1n) is 6.68. The largest absolute Gasteiger partial charge is 0.391 e. The van der Waals surface area contributed by atoms with Crippen molar-refractivity contribution in [3.63, 3.8) is 0 Å². The van der Waals surface area contributed by atoms with Gasteiger partial charge in [-0.1, -0.05) is 13.3 Å². The van der Waals surface area contributed by atoms with E-state index in [1.54, 1.807) is 0 Å². The Kier molecular flexibility index (Phi) is 5.96. The third-order valence-electron chi connectivity index (χ3n) is 3.97. The first kappa shape index (κ1) is 16.6. The third kappa shape index (κ3) is 4.86. The molecule has 0 spiro atoms. The second-order valence-electron chi connectivity index (χ2n) is 5.53. The minimum Gasteiger partial charge on any atom is -0.353 e. The molecule has 0 aliphatic heterocycles. The lowest BCUT2D eigenvalue weighted by Crippen LogP contribution is -2.43. The molecule has 0 radical (unpaired) electrons. The van der Waals surface area contributed by atoms with Crippen LogP contribution in [0.2, 0.25) is 0 Å². The number of halogens is 4. The van der Waals surface area contributed by atoms with Gasteiger partial charge in [0.2, 0.25) is 5.91 Å². The van der Waals surface area contributed by atoms with Crippen LogP contribution in [0.5, 0.6) is 0 Å². The molecule has 1 N–H and O–H groups in total. The van der Waals surface area contributed by atoms with E-state index < -0.39 is 18.0 Å². The summed E-state index contributed by atoms with van der Waals surface area (Å²) in [6.45, 7) is 3.73. The van der Waals surface area contributed by atoms with Crippen molar-refractivity contribution >= 4 is 17.5 Å². The van der Waals surface area contributed by atoms with E-state index in [2.05, 4.69) is 5.32 Å². The van der Waals surface area contributed by atoms with Crippen LogP contribution >= 0.6 is 11.6 Å². The highest BCUT2D eigenvalue weighted by atomic mass is 35.5. The van der Waals surface area contributed by atoms with Crippen molar-refractivity contribution in [1.29, 1.82) is 0 Å². The predicted molar refractivity (Wildman–Crippen MR) is 69.0 cm³/mol. The molecular formula is C13H21ClF3NO. The molecule has 0 aromatic heterocycles. The molecule has 0 heterocycles. The van der Waals surface area contributed by atoms with Crippen molar-refractivity contribution in [3.05, 3.63) is 0 Å². The van der Waals surface area contributed by atoms with E-state index >= 15 is 0 Å². The molecule has 0 bridgehead atoms. The first-order valence-corrected chi connectivity index (χ1v) is 7.22. The van der Waals surface area contributed by atoms with Gasteiger partial charge in [0.25, 0.3) is 0 Å². The summed E-state index contributed by atoms with van der Waals surface area (Å²) < 4.78 is 38.0. The Morgan fingerprint density at radius 2 is 2.00 bits per heavy atom. The minimum atomic E-state index is -4.19. The molecule has 1 aliphatic carbocycles. The summed E-state index contributed by atoms with van der Waals surface area (Å²) in [6, 6.07) is -0.115. The molecule has 1 saturated carbocycles. The summed E-state index contributed by atoms with van der Waals surface area (Å²) in [5.74, 6) is -1.61. The molecule has 4 unspecified atom stereocenters. The number of amides is 1. The molecule has 1 aliphatic rings. The first-order chi connectivity index (χ1) is 8.75. The fourth-order valence-electron chi connectivity index (χ4n) is 2.34. The van der Waals surface area contributed by atoms with Gasteiger partial charge in [-0.05, 0) is 32.1 Å². The molecule has 0 aromatic rings. The van der Waals surface area contributed by atoms with Gasteiger partial charge in [-0.3, -0.25) is 4.79 Å². The lowest BCUT2D eigenvalue weighted by molar-refractivity contribution is -0.186. The fraction of sp³-hybridized carbons (Fsp3) is 0.923. The van der Waals surface area contributed by atoms with Crippen molar-refractivity contribution in [2.45, 2.75) is 51.7 Å². The van der Waals surface area contributed by atoms with E-state index in [1.807, 2.05) is 13.8 Å². The van der Waals surface area contributed by atoms with Crippen LogP contribution in [0.15, 0.2) is 0 Å². The third-order valence-corrected chi connectivity index (χ3v) is 4.46. The van der Waals surface area contributed by atoms with Crippen LogP contribution in [-0.4, -0.2) is 24.0 Å². The molecule has 6 heteroatoms. The maximum Gasteiger partial charge on any atom is 0.391 e. The maximum atomic E-state index is 12.7. The van der Waals surface area contributed by atoms with Gasteiger partial charge in [-0.25, -0.2) is 0 Å². The number of carbonyl (C=O) groups is 1. The van der Waals surface area contributed by atoms with Gasteiger partial charge in [0.05, 0.1) is 5.92 Å². The number of hydrogen-bond donors (Lipinski definition) is 1. The van der Waals surface area contributed by atoms with Crippen LogP contribution in [0.25, 0.3) is 0 Å². The molecule has 0 aromatic carbocycles. The van der Waals surface area contributed by atoms with Crippen molar-refractivity contribution in [2.75, 3.05) is 5.88 Å². The summed E-state index contributed by atoms with van der Waals surface area (Å²) in [5, 5.41) is 2.78. The van der Waals surface area contributed by atoms with Gasteiger partial charge < -0.3 is 5.32 Å². The van der Waals surface area contributed by atoms with Crippen LogP contribution in [0.1, 0.15) is 39.5 Å². The van der Waals surface area contributed by atoms with Crippen LogP contribution in [0, 0.1) is 17.8 Å². The van der Waals surface area contributed by atoms with E-state index in [9.17, 15) is 18.0 Å². The van der Waals surface area contributed by atoms with Crippen molar-refractivity contribution < 1.29 is 18.0 Å². The SMILES string of the molecule is CC(CCl)C(C)NC(=O)C1CCCC(C(F)(F)F)C1. The number of hydrogen-bond acceptors (Lipinski definition) is 1. The van der Waals surface area contributed by atoms with Gasteiger partial charge in [-0.2, -0.15) is 13.2 Å². The van der Waals surface area contributed by atoms with E-state index in [-0.39, 0.29) is 30.7 Å². The Bertz CT molecular complexity index is 309. The Morgan fingerprint density at radius 3 is 2.53 bits per heavy atom. The zero-order valence-electron chi connectivity index (χ0n) is 11.3. The molecule has 1 fully saturated rings. The Balaban J connectivity index is 2.53. The van der Waals surface area contributed by atoms with Crippen molar-refractivity contribution in [2.24, 2.45) is 17.8 Å². The average molecular weight is 300 g/mol. The van der Waals surface area contributed by atoms with Crippen LogP contribution < -0.4 is 5.32 Å². The lowest BCUT2D eigenvalue weighted by Gasteiger charge is -2.31. The number of nitrogens with one attached hydrogen (secondary N) is 1. The van der Waals surface area contributed by atoms with Gasteiger partial charge >= 0.3 is 6.18 Å². The second-order valence-corrected chi connectivity index (χ2v) is 5.84. The highest BCUT2D eigenvalue weighted by molar-refractivity contribution is 6.18. The molecule has 1 rings (SSSR count). The highest BCUT2D eigenvalue weighted by Gasteiger charge is 2.43. The van der Waals surface area contributed by atoms with Gasteiger partial charge in [-0.15, -0.1) is 11.6 Å². The monoisotopic (exact) mass is 299 g/mol. The molecule has 1 amide bonds. The Morgan fingerprint density at radius 1 is 1.37 bits per heavy atom. The van der Waals surface area contributed by atoms with Gasteiger partial charge in [0.15, 0.2) is 0 Å². The van der Waals surface area contributed by atoms with Crippen molar-refractivity contribution in [3.8, 4) is 0 Å². The summed E-state index contributed by atoms with van der Waals surface area (Å²) in [7, 11) is 0. The Labute approximate surface area is 117 Å². The lowest BCUT2D eigenvalue weighted by atomic mass is 9.80. The summed E-state index contributed by atoms with van der Waals surface area (Å²) >= 11 is 5.70. The van der Waals surface area contributed by atoms with E-state index in [0.717, 1.165) is 0 Å². The number of carbonyl (C=O) groups excluding carboxylic acids is 1. The normalized spacial score (nSPS) is 27.7. The molecule has 4 atom stereocenters. The van der Waals surface area contributed by atoms with Crippen molar-refractivity contribution in [1.82, 2.24) is 5.32 Å². The van der Waals surface area contributed by atoms with Crippen LogP contribution in [-0.2, 0) is 4.79 Å². The molecule has 19 heavy (non-hydrogen) atoms. The maximum absolute atomic E-state index is 12.7. The number of alkyl halides is 4. The molecule has 112 valence electrons. The quantitative estimate of drug-likeness (QED) is 0.787. The fourth-order valence-corrected chi connectivity index (χ4v) is 2.61. The standard InChI is InChI=1S/C13H21ClF3NO/c1-8(7-14)9(2)18-12(19)10-4-3-5-11(6-10)13(15,16)17/h8-11H,3-7H2,1-2H3,(H,18,19). The molecule has 2 nitrogen and oxygen atoms in total. The summed E-state index contributed by atoms with van der Waals surface area (Å²) in [4.78, 5) is 12.0. The molecular weight excluding hydrogens is 279 g/mol. The zero-order chi connectivity index (χ0) is 14.6. The van der Waals surface area contributed by atoms with Crippen LogP contribution in [0.4, 0.5) is 13.2 Å². The molecule has 0 saturated heterocycles. The predicted octanol–water partition coefficient (Wildman–Crippen LogP) is 3.73. The van der Waals surface area contributed by atoms with E-state index in [0.29, 0.717) is 18.7 Å². The number of rotatable bonds is 4. The zero-order valence-corrected chi connectivity index (χ0v) is 12.0. The topological polar surface area (TPSA) is 29.1 Å². The van der Waals surface area contributed by atoms with E-state index in [1.165, 1.54) is 0 Å². The van der Waals surface area contributed by atoms with Gasteiger partial charge in [0.1, 0.15) is 0 Å². The minimum absolute atomic E-state index is 0.0860. The summed E-state index contributed by atoms with van der Waals surface area (Å²) in [5.41, 5.74) is 0. The smallest absolute Gasteiger partial charge is 0.353 e. The average Bonchev–Trinajstić information content (AvgIpc) is 2.36. The second kappa shape index (κ2) is 6.82. The Hall–Kier alpha value is -0.450. The van der Waals surface area contributed by atoms with Gasteiger partial charge in [0, 0.05) is 17.8 Å². The summed E-state index contributed by atoms with van der Waals surface area (Å²) in [6.07, 6.45) is -3.13.